The quantitative estimate of drug-likeness (QED) is 0.755. The van der Waals surface area contributed by atoms with Gasteiger partial charge >= 0.3 is 6.18 Å². The van der Waals surface area contributed by atoms with Crippen LogP contribution in [0.2, 0.25) is 5.02 Å². The van der Waals surface area contributed by atoms with Crippen LogP contribution in [0.4, 0.5) is 30.6 Å². The van der Waals surface area contributed by atoms with Crippen molar-refractivity contribution in [2.24, 2.45) is 5.92 Å². The summed E-state index contributed by atoms with van der Waals surface area (Å²) in [6.45, 7) is 2.85. The number of alkyl halides is 3. The Hall–Kier alpha value is -2.27. The van der Waals surface area contributed by atoms with Gasteiger partial charge in [-0.05, 0) is 6.92 Å². The van der Waals surface area contributed by atoms with E-state index >= 15 is 0 Å². The van der Waals surface area contributed by atoms with Gasteiger partial charge in [0.05, 0.1) is 32.1 Å². The second-order valence-electron chi connectivity index (χ2n) is 6.22. The Kier molecular flexibility index (Phi) is 4.50. The van der Waals surface area contributed by atoms with Crippen molar-refractivity contribution in [1.82, 2.24) is 19.7 Å². The zero-order valence-corrected chi connectivity index (χ0v) is 14.9. The van der Waals surface area contributed by atoms with E-state index in [1.54, 1.807) is 6.92 Å². The molecule has 0 aliphatic carbocycles. The molecular weight excluding hydrogens is 389 g/mol. The zero-order chi connectivity index (χ0) is 19.2. The van der Waals surface area contributed by atoms with E-state index in [2.05, 4.69) is 25.7 Å². The summed E-state index contributed by atoms with van der Waals surface area (Å²) < 4.78 is 52.9. The number of hydrogen-bond acceptors (Lipinski definition) is 7. The highest BCUT2D eigenvalue weighted by Crippen LogP contribution is 2.41. The summed E-state index contributed by atoms with van der Waals surface area (Å²) in [4.78, 5) is 8.18. The third-order valence-corrected chi connectivity index (χ3v) is 4.69. The van der Waals surface area contributed by atoms with Crippen LogP contribution in [0.1, 0.15) is 12.6 Å². The highest BCUT2D eigenvalue weighted by molar-refractivity contribution is 6.32. The van der Waals surface area contributed by atoms with E-state index in [9.17, 15) is 13.2 Å². The lowest BCUT2D eigenvalue weighted by Crippen LogP contribution is -2.32. The zero-order valence-electron chi connectivity index (χ0n) is 14.2. The van der Waals surface area contributed by atoms with Gasteiger partial charge in [0, 0.05) is 12.5 Å². The molecule has 146 valence electrons. The van der Waals surface area contributed by atoms with Gasteiger partial charge in [-0.2, -0.15) is 23.3 Å². The molecule has 8 nitrogen and oxygen atoms in total. The van der Waals surface area contributed by atoms with Crippen molar-refractivity contribution in [2.75, 3.05) is 30.5 Å². The van der Waals surface area contributed by atoms with Crippen molar-refractivity contribution in [3.63, 3.8) is 0 Å². The maximum atomic E-state index is 13.5. The van der Waals surface area contributed by atoms with Gasteiger partial charge in [-0.25, -0.2) is 9.67 Å². The van der Waals surface area contributed by atoms with E-state index in [0.717, 1.165) is 4.68 Å². The molecule has 0 unspecified atom stereocenters. The predicted molar refractivity (Wildman–Crippen MR) is 90.4 cm³/mol. The molecule has 2 atom stereocenters. The average molecular weight is 405 g/mol. The number of aryl methyl sites for hydroxylation is 1. The standard InChI is InChI=1S/C15H16ClF3N6O2/c1-2-25-13-10(11(24-25)15(17,18)19)22-14-20-3-8(16)12(23-14)21-9-6-26-4-7(9)5-27-13/h3,7,9H,2,4-6H2,1H3,(H2,20,21,22,23)/t7-,9+/m0/s1. The van der Waals surface area contributed by atoms with Gasteiger partial charge in [0.1, 0.15) is 10.7 Å². The van der Waals surface area contributed by atoms with Gasteiger partial charge in [-0.3, -0.25) is 0 Å². The summed E-state index contributed by atoms with van der Waals surface area (Å²) >= 11 is 6.13. The van der Waals surface area contributed by atoms with Gasteiger partial charge in [0.2, 0.25) is 11.8 Å². The monoisotopic (exact) mass is 404 g/mol. The summed E-state index contributed by atoms with van der Waals surface area (Å²) in [5.74, 6) is 0.150. The third kappa shape index (κ3) is 3.36. The van der Waals surface area contributed by atoms with Crippen LogP contribution in [0.25, 0.3) is 0 Å². The van der Waals surface area contributed by atoms with Gasteiger partial charge in [-0.15, -0.1) is 0 Å². The lowest BCUT2D eigenvalue weighted by Gasteiger charge is -2.20. The van der Waals surface area contributed by atoms with Crippen molar-refractivity contribution in [1.29, 1.82) is 0 Å². The molecule has 4 rings (SSSR count). The Morgan fingerprint density at radius 1 is 1.33 bits per heavy atom. The maximum absolute atomic E-state index is 13.5. The van der Waals surface area contributed by atoms with Crippen molar-refractivity contribution in [2.45, 2.75) is 25.7 Å². The largest absolute Gasteiger partial charge is 0.476 e. The van der Waals surface area contributed by atoms with Crippen LogP contribution < -0.4 is 15.4 Å². The molecule has 2 aromatic rings. The number of anilines is 3. The lowest BCUT2D eigenvalue weighted by atomic mass is 10.1. The predicted octanol–water partition coefficient (Wildman–Crippen LogP) is 2.93. The minimum absolute atomic E-state index is 0.0162. The van der Waals surface area contributed by atoms with Gasteiger partial charge in [0.15, 0.2) is 11.5 Å². The van der Waals surface area contributed by atoms with Crippen LogP contribution in [0.3, 0.4) is 0 Å². The number of fused-ring (bicyclic) bond motifs is 4. The first-order valence-electron chi connectivity index (χ1n) is 8.31. The molecule has 2 aliphatic heterocycles. The summed E-state index contributed by atoms with van der Waals surface area (Å²) in [5.41, 5.74) is -1.42. The number of rotatable bonds is 1. The fourth-order valence-electron chi connectivity index (χ4n) is 3.04. The van der Waals surface area contributed by atoms with E-state index in [1.165, 1.54) is 6.20 Å². The number of nitrogens with zero attached hydrogens (tertiary/aromatic N) is 4. The van der Waals surface area contributed by atoms with Crippen molar-refractivity contribution in [3.05, 3.63) is 16.9 Å². The van der Waals surface area contributed by atoms with Crippen molar-refractivity contribution in [3.8, 4) is 5.88 Å². The Morgan fingerprint density at radius 3 is 2.89 bits per heavy atom. The molecule has 12 heteroatoms. The van der Waals surface area contributed by atoms with Crippen LogP contribution in [-0.2, 0) is 17.5 Å². The Labute approximate surface area is 157 Å². The number of nitrogens with one attached hydrogen (secondary N) is 2. The topological polar surface area (TPSA) is 86.1 Å². The second kappa shape index (κ2) is 6.71. The van der Waals surface area contributed by atoms with E-state index in [0.29, 0.717) is 19.0 Å². The van der Waals surface area contributed by atoms with E-state index in [-0.39, 0.29) is 47.6 Å². The van der Waals surface area contributed by atoms with Crippen LogP contribution in [-0.4, -0.2) is 45.6 Å². The molecule has 0 amide bonds. The Bertz CT molecular complexity index is 859. The molecule has 27 heavy (non-hydrogen) atoms. The molecule has 1 fully saturated rings. The highest BCUT2D eigenvalue weighted by Gasteiger charge is 2.41. The average Bonchev–Trinajstić information content (AvgIpc) is 3.19. The van der Waals surface area contributed by atoms with E-state index in [1.807, 2.05) is 0 Å². The summed E-state index contributed by atoms with van der Waals surface area (Å²) in [6.07, 6.45) is -3.35. The third-order valence-electron chi connectivity index (χ3n) is 4.41. The van der Waals surface area contributed by atoms with Crippen molar-refractivity contribution < 1.29 is 22.6 Å². The van der Waals surface area contributed by atoms with Gasteiger partial charge in [0.25, 0.3) is 0 Å². The minimum Gasteiger partial charge on any atom is -0.476 e. The smallest absolute Gasteiger partial charge is 0.437 e. The number of ether oxygens (including phenoxy) is 2. The number of aromatic nitrogens is 4. The second-order valence-corrected chi connectivity index (χ2v) is 6.62. The molecule has 4 heterocycles. The molecule has 0 aromatic carbocycles. The van der Waals surface area contributed by atoms with Crippen molar-refractivity contribution >= 4 is 29.1 Å². The molecule has 0 saturated carbocycles. The first-order chi connectivity index (χ1) is 12.9. The Balaban J connectivity index is 1.85. The molecule has 2 aromatic heterocycles. The highest BCUT2D eigenvalue weighted by atomic mass is 35.5. The van der Waals surface area contributed by atoms with Gasteiger partial charge in [-0.1, -0.05) is 11.6 Å². The molecule has 1 saturated heterocycles. The first-order valence-corrected chi connectivity index (χ1v) is 8.69. The van der Waals surface area contributed by atoms with Crippen LogP contribution >= 0.6 is 11.6 Å². The summed E-state index contributed by atoms with van der Waals surface area (Å²) in [7, 11) is 0. The van der Waals surface area contributed by atoms with E-state index in [4.69, 9.17) is 21.1 Å². The normalized spacial score (nSPS) is 22.0. The molecule has 2 aliphatic rings. The first kappa shape index (κ1) is 18.1. The number of hydrogen-bond donors (Lipinski definition) is 2. The summed E-state index contributed by atoms with van der Waals surface area (Å²) in [6, 6.07) is -0.146. The number of halogens is 4. The fraction of sp³-hybridized carbons (Fsp3) is 0.533. The van der Waals surface area contributed by atoms with Crippen LogP contribution in [0, 0.1) is 5.92 Å². The fourth-order valence-corrected chi connectivity index (χ4v) is 3.19. The molecular formula is C15H16ClF3N6O2. The maximum Gasteiger partial charge on any atom is 0.437 e. The van der Waals surface area contributed by atoms with E-state index < -0.39 is 11.9 Å². The SMILES string of the molecule is CCn1nc(C(F)(F)F)c2c1OC[C@@H]1COC[C@H]1Nc1nc(ncc1Cl)N2. The van der Waals surface area contributed by atoms with Gasteiger partial charge < -0.3 is 20.1 Å². The molecule has 0 spiro atoms. The van der Waals surface area contributed by atoms with Crippen LogP contribution in [0.5, 0.6) is 5.88 Å². The minimum atomic E-state index is -4.67. The van der Waals surface area contributed by atoms with Crippen LogP contribution in [0.15, 0.2) is 6.20 Å². The molecule has 2 bridgehead atoms. The Morgan fingerprint density at radius 2 is 2.15 bits per heavy atom. The molecule has 2 N–H and O–H groups in total. The summed E-state index contributed by atoms with van der Waals surface area (Å²) in [5, 5.41) is 9.69. The molecule has 0 radical (unpaired) electrons. The lowest BCUT2D eigenvalue weighted by molar-refractivity contribution is -0.140.